The molecular formula is C15H18N4O5S2. The third kappa shape index (κ3) is 4.76. The number of carbonyl (C=O) groups is 2. The molecule has 0 aliphatic heterocycles. The summed E-state index contributed by atoms with van der Waals surface area (Å²) in [5.41, 5.74) is 1.07. The lowest BCUT2D eigenvalue weighted by molar-refractivity contribution is -0.115. The molecule has 1 amide bonds. The number of hydrogen-bond acceptors (Lipinski definition) is 8. The lowest BCUT2D eigenvalue weighted by Crippen LogP contribution is -2.14. The van der Waals surface area contributed by atoms with E-state index in [1.165, 1.54) is 6.07 Å². The van der Waals surface area contributed by atoms with Crippen molar-refractivity contribution >= 4 is 44.1 Å². The van der Waals surface area contributed by atoms with E-state index in [4.69, 9.17) is 4.74 Å². The first-order valence-electron chi connectivity index (χ1n) is 7.70. The van der Waals surface area contributed by atoms with Crippen LogP contribution in [0.25, 0.3) is 0 Å². The molecule has 1 heterocycles. The Morgan fingerprint density at radius 2 is 1.96 bits per heavy atom. The largest absolute Gasteiger partial charge is 0.462 e. The van der Waals surface area contributed by atoms with Crippen molar-refractivity contribution in [2.75, 3.05) is 16.6 Å². The number of ether oxygens (including phenoxy) is 1. The van der Waals surface area contributed by atoms with E-state index < -0.39 is 16.0 Å². The zero-order valence-electron chi connectivity index (χ0n) is 14.4. The van der Waals surface area contributed by atoms with Crippen LogP contribution >= 0.6 is 11.3 Å². The molecular weight excluding hydrogens is 380 g/mol. The van der Waals surface area contributed by atoms with Crippen molar-refractivity contribution in [1.82, 2.24) is 10.2 Å². The van der Waals surface area contributed by atoms with E-state index in [0.29, 0.717) is 5.56 Å². The highest BCUT2D eigenvalue weighted by molar-refractivity contribution is 7.94. The molecule has 2 aromatic rings. The number of nitrogens with one attached hydrogen (secondary N) is 2. The van der Waals surface area contributed by atoms with Gasteiger partial charge in [0, 0.05) is 6.42 Å². The van der Waals surface area contributed by atoms with Crippen molar-refractivity contribution in [2.45, 2.75) is 31.5 Å². The monoisotopic (exact) mass is 398 g/mol. The predicted molar refractivity (Wildman–Crippen MR) is 96.8 cm³/mol. The number of anilines is 2. The molecule has 0 bridgehead atoms. The highest BCUT2D eigenvalue weighted by Crippen LogP contribution is 2.25. The maximum absolute atomic E-state index is 12.5. The number of aryl methyl sites for hydroxylation is 1. The van der Waals surface area contributed by atoms with Crippen LogP contribution in [0.15, 0.2) is 22.5 Å². The maximum Gasteiger partial charge on any atom is 0.338 e. The van der Waals surface area contributed by atoms with Crippen molar-refractivity contribution < 1.29 is 22.7 Å². The van der Waals surface area contributed by atoms with E-state index in [-0.39, 0.29) is 39.7 Å². The second-order valence-electron chi connectivity index (χ2n) is 5.13. The molecule has 0 aliphatic rings. The van der Waals surface area contributed by atoms with Gasteiger partial charge in [-0.2, -0.15) is 8.42 Å². The molecule has 11 heteroatoms. The van der Waals surface area contributed by atoms with E-state index in [1.54, 1.807) is 32.9 Å². The molecule has 0 radical (unpaired) electrons. The molecule has 140 valence electrons. The Morgan fingerprint density at radius 1 is 1.23 bits per heavy atom. The summed E-state index contributed by atoms with van der Waals surface area (Å²) in [6, 6.07) is 4.55. The van der Waals surface area contributed by atoms with Crippen LogP contribution in [0.2, 0.25) is 0 Å². The van der Waals surface area contributed by atoms with Gasteiger partial charge in [0.25, 0.3) is 14.4 Å². The summed E-state index contributed by atoms with van der Waals surface area (Å²) >= 11 is 0.731. The Labute approximate surface area is 154 Å². The number of amides is 1. The molecule has 0 aliphatic carbocycles. The second kappa shape index (κ2) is 8.23. The zero-order valence-corrected chi connectivity index (χ0v) is 16.0. The maximum atomic E-state index is 12.5. The molecule has 0 saturated carbocycles. The Hall–Kier alpha value is -2.53. The molecule has 1 aromatic heterocycles. The van der Waals surface area contributed by atoms with Gasteiger partial charge in [-0.1, -0.05) is 24.3 Å². The van der Waals surface area contributed by atoms with E-state index >= 15 is 0 Å². The first kappa shape index (κ1) is 19.8. The first-order valence-corrected chi connectivity index (χ1v) is 10.0. The summed E-state index contributed by atoms with van der Waals surface area (Å²) in [7, 11) is -4.02. The predicted octanol–water partition coefficient (Wildman–Crippen LogP) is 2.17. The molecule has 0 atom stereocenters. The van der Waals surface area contributed by atoms with Crippen LogP contribution in [0.3, 0.4) is 0 Å². The Balaban J connectivity index is 2.25. The van der Waals surface area contributed by atoms with E-state index in [2.05, 4.69) is 20.2 Å². The van der Waals surface area contributed by atoms with Crippen LogP contribution in [-0.4, -0.2) is 37.1 Å². The highest BCUT2D eigenvalue weighted by atomic mass is 32.2. The van der Waals surface area contributed by atoms with Gasteiger partial charge in [-0.15, -0.1) is 10.2 Å². The number of aromatic nitrogens is 2. The van der Waals surface area contributed by atoms with Gasteiger partial charge in [-0.05, 0) is 31.5 Å². The zero-order chi connectivity index (χ0) is 19.3. The van der Waals surface area contributed by atoms with Gasteiger partial charge in [-0.3, -0.25) is 9.52 Å². The van der Waals surface area contributed by atoms with E-state index in [9.17, 15) is 18.0 Å². The van der Waals surface area contributed by atoms with Crippen molar-refractivity contribution in [3.8, 4) is 0 Å². The molecule has 9 nitrogen and oxygen atoms in total. The summed E-state index contributed by atoms with van der Waals surface area (Å²) in [4.78, 5) is 23.2. The van der Waals surface area contributed by atoms with Gasteiger partial charge >= 0.3 is 5.97 Å². The van der Waals surface area contributed by atoms with Gasteiger partial charge in [0.1, 0.15) is 0 Å². The van der Waals surface area contributed by atoms with Crippen LogP contribution in [0.1, 0.15) is 36.2 Å². The fraction of sp³-hybridized carbons (Fsp3) is 0.333. The number of carbonyl (C=O) groups excluding carboxylic acids is 2. The van der Waals surface area contributed by atoms with Gasteiger partial charge in [0.15, 0.2) is 0 Å². The van der Waals surface area contributed by atoms with Crippen molar-refractivity contribution in [2.24, 2.45) is 0 Å². The van der Waals surface area contributed by atoms with Crippen molar-refractivity contribution in [3.63, 3.8) is 0 Å². The average Bonchev–Trinajstić information content (AvgIpc) is 3.06. The topological polar surface area (TPSA) is 127 Å². The van der Waals surface area contributed by atoms with Gasteiger partial charge in [-0.25, -0.2) is 4.79 Å². The number of rotatable bonds is 7. The number of nitrogens with zero attached hydrogens (tertiary/aromatic N) is 2. The normalized spacial score (nSPS) is 11.0. The SMILES string of the molecule is CCOC(=O)c1ccc(C)c(NS(=O)(=O)c2nnc(NC(=O)CC)s2)c1. The quantitative estimate of drug-likeness (QED) is 0.540. The minimum absolute atomic E-state index is 0.0919. The number of esters is 1. The molecule has 2 rings (SSSR count). The second-order valence-corrected chi connectivity index (χ2v) is 7.96. The van der Waals surface area contributed by atoms with Crippen molar-refractivity contribution in [1.29, 1.82) is 0 Å². The van der Waals surface area contributed by atoms with Crippen molar-refractivity contribution in [3.05, 3.63) is 29.3 Å². The summed E-state index contributed by atoms with van der Waals surface area (Å²) in [5, 5.41) is 9.79. The van der Waals surface area contributed by atoms with Gasteiger partial charge in [0.05, 0.1) is 17.9 Å². The van der Waals surface area contributed by atoms with Crippen LogP contribution in [0, 0.1) is 6.92 Å². The van der Waals surface area contributed by atoms with Crippen LogP contribution in [0.5, 0.6) is 0 Å². The number of sulfonamides is 1. The van der Waals surface area contributed by atoms with Crippen LogP contribution < -0.4 is 10.0 Å². The summed E-state index contributed by atoms with van der Waals surface area (Å²) < 4.78 is 32.0. The summed E-state index contributed by atoms with van der Waals surface area (Å²) in [6.45, 7) is 5.25. The average molecular weight is 398 g/mol. The summed E-state index contributed by atoms with van der Waals surface area (Å²) in [6.07, 6.45) is 0.236. The lowest BCUT2D eigenvalue weighted by atomic mass is 10.1. The third-order valence-corrected chi connectivity index (χ3v) is 5.77. The standard InChI is InChI=1S/C15H18N4O5S2/c1-4-12(20)16-14-17-18-15(25-14)26(22,23)19-11-8-10(7-6-9(11)3)13(21)24-5-2/h6-8,19H,4-5H2,1-3H3,(H,16,17,20). The molecule has 2 N–H and O–H groups in total. The first-order chi connectivity index (χ1) is 12.3. The number of benzene rings is 1. The van der Waals surface area contributed by atoms with E-state index in [1.807, 2.05) is 0 Å². The highest BCUT2D eigenvalue weighted by Gasteiger charge is 2.22. The fourth-order valence-electron chi connectivity index (χ4n) is 1.84. The molecule has 26 heavy (non-hydrogen) atoms. The number of hydrogen-bond donors (Lipinski definition) is 2. The smallest absolute Gasteiger partial charge is 0.338 e. The third-order valence-electron chi connectivity index (χ3n) is 3.20. The van der Waals surface area contributed by atoms with Gasteiger partial charge < -0.3 is 10.1 Å². The lowest BCUT2D eigenvalue weighted by Gasteiger charge is -2.10. The fourth-order valence-corrected chi connectivity index (χ4v) is 3.88. The van der Waals surface area contributed by atoms with E-state index in [0.717, 1.165) is 11.3 Å². The molecule has 0 unspecified atom stereocenters. The molecule has 0 saturated heterocycles. The Bertz CT molecular complexity index is 924. The minimum atomic E-state index is -4.02. The van der Waals surface area contributed by atoms with Crippen LogP contribution in [-0.2, 0) is 19.6 Å². The Morgan fingerprint density at radius 3 is 2.62 bits per heavy atom. The molecule has 1 aromatic carbocycles. The molecule has 0 spiro atoms. The van der Waals surface area contributed by atoms with Gasteiger partial charge in [0.2, 0.25) is 11.0 Å². The van der Waals surface area contributed by atoms with Crippen LogP contribution in [0.4, 0.5) is 10.8 Å². The minimum Gasteiger partial charge on any atom is -0.462 e. The Kier molecular flexibility index (Phi) is 6.27. The summed E-state index contributed by atoms with van der Waals surface area (Å²) in [5.74, 6) is -0.843. The molecule has 0 fully saturated rings.